The summed E-state index contributed by atoms with van der Waals surface area (Å²) in [5.41, 5.74) is 6.10. The van der Waals surface area contributed by atoms with E-state index in [1.807, 2.05) is 18.2 Å². The van der Waals surface area contributed by atoms with Gasteiger partial charge < -0.3 is 9.80 Å². The average Bonchev–Trinajstić information content (AvgIpc) is 2.80. The Hall–Kier alpha value is -2.86. The molecule has 0 aliphatic carbocycles. The third-order valence-electron chi connectivity index (χ3n) is 5.57. The molecular weight excluding hydrogens is 374 g/mol. The summed E-state index contributed by atoms with van der Waals surface area (Å²) in [5.74, 6) is -0.0449. The highest BCUT2D eigenvalue weighted by molar-refractivity contribution is 5.82. The van der Waals surface area contributed by atoms with Gasteiger partial charge in [-0.1, -0.05) is 30.3 Å². The monoisotopic (exact) mass is 407 g/mol. The van der Waals surface area contributed by atoms with Crippen LogP contribution in [-0.2, 0) is 4.79 Å². The summed E-state index contributed by atoms with van der Waals surface area (Å²) in [7, 11) is 0. The lowest BCUT2D eigenvalue weighted by Gasteiger charge is -2.36. The number of anilines is 2. The Morgan fingerprint density at radius 1 is 1.00 bits per heavy atom. The molecule has 1 heterocycles. The maximum absolute atomic E-state index is 12.1. The Bertz CT molecular complexity index is 794. The van der Waals surface area contributed by atoms with Crippen molar-refractivity contribution in [3.8, 4) is 0 Å². The fraction of sp³-hybridized carbons (Fsp3) is 0.417. The van der Waals surface area contributed by atoms with Gasteiger partial charge in [-0.3, -0.25) is 9.69 Å². The number of amides is 1. The molecule has 2 aromatic carbocycles. The van der Waals surface area contributed by atoms with Crippen molar-refractivity contribution in [3.63, 3.8) is 0 Å². The second-order valence-electron chi connectivity index (χ2n) is 7.47. The van der Waals surface area contributed by atoms with Crippen LogP contribution in [0.25, 0.3) is 0 Å². The molecule has 1 amide bonds. The van der Waals surface area contributed by atoms with Gasteiger partial charge in [-0.2, -0.15) is 5.10 Å². The molecule has 30 heavy (non-hydrogen) atoms. The Morgan fingerprint density at radius 2 is 1.67 bits per heavy atom. The highest BCUT2D eigenvalue weighted by Gasteiger charge is 2.17. The first kappa shape index (κ1) is 21.8. The number of carbonyl (C=O) groups excluding carboxylic acids is 1. The van der Waals surface area contributed by atoms with Crippen LogP contribution in [0.4, 0.5) is 11.4 Å². The number of benzene rings is 2. The van der Waals surface area contributed by atoms with Crippen LogP contribution in [0.1, 0.15) is 25.8 Å². The molecule has 1 fully saturated rings. The van der Waals surface area contributed by atoms with Crippen LogP contribution >= 0.6 is 0 Å². The van der Waals surface area contributed by atoms with E-state index in [1.54, 1.807) is 6.21 Å². The number of hydrogen-bond donors (Lipinski definition) is 1. The van der Waals surface area contributed by atoms with Gasteiger partial charge in [0, 0.05) is 63.6 Å². The van der Waals surface area contributed by atoms with E-state index in [0.717, 1.165) is 51.4 Å². The molecule has 0 spiro atoms. The molecule has 2 aromatic rings. The predicted molar refractivity (Wildman–Crippen MR) is 125 cm³/mol. The Morgan fingerprint density at radius 3 is 2.30 bits per heavy atom. The minimum absolute atomic E-state index is 0.0449. The summed E-state index contributed by atoms with van der Waals surface area (Å²) < 4.78 is 0. The number of rotatable bonds is 9. The number of hydrogen-bond acceptors (Lipinski definition) is 5. The van der Waals surface area contributed by atoms with E-state index < -0.39 is 0 Å². The van der Waals surface area contributed by atoms with Crippen molar-refractivity contribution in [2.75, 3.05) is 55.6 Å². The fourth-order valence-corrected chi connectivity index (χ4v) is 3.72. The number of piperazine rings is 1. The van der Waals surface area contributed by atoms with Crippen molar-refractivity contribution < 1.29 is 4.79 Å². The summed E-state index contributed by atoms with van der Waals surface area (Å²) in [6.45, 7) is 11.0. The zero-order chi connectivity index (χ0) is 21.2. The van der Waals surface area contributed by atoms with Gasteiger partial charge in [-0.05, 0) is 43.7 Å². The van der Waals surface area contributed by atoms with Crippen molar-refractivity contribution in [1.29, 1.82) is 0 Å². The quantitative estimate of drug-likeness (QED) is 0.512. The van der Waals surface area contributed by atoms with Crippen LogP contribution in [0.3, 0.4) is 0 Å². The summed E-state index contributed by atoms with van der Waals surface area (Å²) in [6.07, 6.45) is 2.16. The number of carbonyl (C=O) groups is 1. The molecule has 0 bridgehead atoms. The molecular formula is C24H33N5O. The maximum atomic E-state index is 12.1. The van der Waals surface area contributed by atoms with E-state index in [0.29, 0.717) is 6.42 Å². The van der Waals surface area contributed by atoms with Gasteiger partial charge in [-0.25, -0.2) is 5.43 Å². The standard InChI is InChI=1S/C24H33N5O/c1-3-28(4-2)23-12-10-21(11-13-23)20-25-26-24(30)14-15-27-16-18-29(19-17-27)22-8-6-5-7-9-22/h5-13,20H,3-4,14-19H2,1-2H3,(H,26,30)/b25-20-. The van der Waals surface area contributed by atoms with Crippen molar-refractivity contribution in [2.24, 2.45) is 5.10 Å². The molecule has 0 saturated carbocycles. The van der Waals surface area contributed by atoms with Crippen molar-refractivity contribution in [3.05, 3.63) is 60.2 Å². The van der Waals surface area contributed by atoms with Gasteiger partial charge in [0.25, 0.3) is 0 Å². The molecule has 1 N–H and O–H groups in total. The topological polar surface area (TPSA) is 51.2 Å². The zero-order valence-electron chi connectivity index (χ0n) is 18.1. The third kappa shape index (κ3) is 6.32. The Kier molecular flexibility index (Phi) is 8.27. The predicted octanol–water partition coefficient (Wildman–Crippen LogP) is 3.20. The Balaban J connectivity index is 1.36. The maximum Gasteiger partial charge on any atom is 0.241 e. The van der Waals surface area contributed by atoms with E-state index in [2.05, 4.69) is 75.5 Å². The minimum Gasteiger partial charge on any atom is -0.372 e. The van der Waals surface area contributed by atoms with Gasteiger partial charge in [0.05, 0.1) is 6.21 Å². The van der Waals surface area contributed by atoms with E-state index in [4.69, 9.17) is 0 Å². The molecule has 1 saturated heterocycles. The second-order valence-corrected chi connectivity index (χ2v) is 7.47. The summed E-state index contributed by atoms with van der Waals surface area (Å²) in [6, 6.07) is 18.7. The highest BCUT2D eigenvalue weighted by Crippen LogP contribution is 2.16. The molecule has 160 valence electrons. The lowest BCUT2D eigenvalue weighted by molar-refractivity contribution is -0.121. The molecule has 6 heteroatoms. The van der Waals surface area contributed by atoms with Gasteiger partial charge in [0.2, 0.25) is 5.91 Å². The molecule has 0 unspecified atom stereocenters. The van der Waals surface area contributed by atoms with Gasteiger partial charge in [0.1, 0.15) is 0 Å². The smallest absolute Gasteiger partial charge is 0.241 e. The van der Waals surface area contributed by atoms with Gasteiger partial charge in [0.15, 0.2) is 0 Å². The first-order chi connectivity index (χ1) is 14.7. The average molecular weight is 408 g/mol. The minimum atomic E-state index is -0.0449. The summed E-state index contributed by atoms with van der Waals surface area (Å²) in [4.78, 5) is 19.1. The molecule has 6 nitrogen and oxygen atoms in total. The van der Waals surface area contributed by atoms with Crippen LogP contribution in [0.2, 0.25) is 0 Å². The first-order valence-electron chi connectivity index (χ1n) is 10.9. The lowest BCUT2D eigenvalue weighted by Crippen LogP contribution is -2.47. The normalized spacial score (nSPS) is 14.8. The van der Waals surface area contributed by atoms with E-state index in [-0.39, 0.29) is 5.91 Å². The van der Waals surface area contributed by atoms with Crippen molar-refractivity contribution in [2.45, 2.75) is 20.3 Å². The van der Waals surface area contributed by atoms with Crippen molar-refractivity contribution in [1.82, 2.24) is 10.3 Å². The fourth-order valence-electron chi connectivity index (χ4n) is 3.72. The summed E-state index contributed by atoms with van der Waals surface area (Å²) in [5, 5.41) is 4.11. The largest absolute Gasteiger partial charge is 0.372 e. The zero-order valence-corrected chi connectivity index (χ0v) is 18.1. The molecule has 1 aliphatic heterocycles. The van der Waals surface area contributed by atoms with E-state index >= 15 is 0 Å². The van der Waals surface area contributed by atoms with Crippen LogP contribution in [0, 0.1) is 0 Å². The van der Waals surface area contributed by atoms with Gasteiger partial charge in [-0.15, -0.1) is 0 Å². The second kappa shape index (κ2) is 11.4. The van der Waals surface area contributed by atoms with Crippen LogP contribution in [0.5, 0.6) is 0 Å². The van der Waals surface area contributed by atoms with Gasteiger partial charge >= 0.3 is 0 Å². The number of para-hydroxylation sites is 1. The van der Waals surface area contributed by atoms with Crippen LogP contribution < -0.4 is 15.2 Å². The molecule has 0 atom stereocenters. The SMILES string of the molecule is CCN(CC)c1ccc(/C=N\NC(=O)CCN2CCN(c3ccccc3)CC2)cc1. The van der Waals surface area contributed by atoms with Crippen LogP contribution in [-0.4, -0.2) is 62.8 Å². The molecule has 0 aromatic heterocycles. The third-order valence-corrected chi connectivity index (χ3v) is 5.57. The molecule has 3 rings (SSSR count). The molecule has 0 radical (unpaired) electrons. The van der Waals surface area contributed by atoms with E-state index in [1.165, 1.54) is 11.4 Å². The van der Waals surface area contributed by atoms with E-state index in [9.17, 15) is 4.79 Å². The number of hydrazone groups is 1. The van der Waals surface area contributed by atoms with Crippen LogP contribution in [0.15, 0.2) is 59.7 Å². The highest BCUT2D eigenvalue weighted by atomic mass is 16.2. The number of nitrogens with zero attached hydrogens (tertiary/aromatic N) is 4. The molecule has 1 aliphatic rings. The lowest BCUT2D eigenvalue weighted by atomic mass is 10.2. The Labute approximate surface area is 180 Å². The van der Waals surface area contributed by atoms with Crippen molar-refractivity contribution >= 4 is 23.5 Å². The first-order valence-corrected chi connectivity index (χ1v) is 10.9. The number of nitrogens with one attached hydrogen (secondary N) is 1. The summed E-state index contributed by atoms with van der Waals surface area (Å²) >= 11 is 0.